The molecule has 1 aromatic carbocycles. The molecule has 0 aliphatic rings. The fourth-order valence-electron chi connectivity index (χ4n) is 1.43. The third-order valence-electron chi connectivity index (χ3n) is 2.48. The molecule has 0 saturated heterocycles. The second-order valence-electron chi connectivity index (χ2n) is 3.99. The third kappa shape index (κ3) is 3.18. The number of nitriles is 1. The van der Waals surface area contributed by atoms with Crippen LogP contribution in [-0.4, -0.2) is 13.4 Å². The molecule has 0 atom stereocenters. The quantitative estimate of drug-likeness (QED) is 0.589. The lowest BCUT2D eigenvalue weighted by Gasteiger charge is -2.06. The second kappa shape index (κ2) is 5.86. The van der Waals surface area contributed by atoms with E-state index in [1.54, 1.807) is 18.2 Å². The van der Waals surface area contributed by atoms with Crippen LogP contribution >= 0.6 is 0 Å². The van der Waals surface area contributed by atoms with Gasteiger partial charge in [0.1, 0.15) is 18.1 Å². The van der Waals surface area contributed by atoms with Crippen LogP contribution in [0.15, 0.2) is 23.8 Å². The summed E-state index contributed by atoms with van der Waals surface area (Å²) in [6.07, 6.45) is 2.64. The molecule has 0 aromatic heterocycles. The van der Waals surface area contributed by atoms with Gasteiger partial charge in [-0.15, -0.1) is 0 Å². The van der Waals surface area contributed by atoms with Crippen molar-refractivity contribution in [3.8, 4) is 11.8 Å². The van der Waals surface area contributed by atoms with Gasteiger partial charge in [-0.1, -0.05) is 19.9 Å². The van der Waals surface area contributed by atoms with Gasteiger partial charge in [-0.3, -0.25) is 4.79 Å². The van der Waals surface area contributed by atoms with Gasteiger partial charge in [-0.05, 0) is 35.3 Å². The molecule has 0 amide bonds. The molecule has 0 aliphatic heterocycles. The van der Waals surface area contributed by atoms with Crippen molar-refractivity contribution in [2.24, 2.45) is 5.92 Å². The Bertz CT molecular complexity index is 481. The molecule has 0 spiro atoms. The Labute approximate surface area is 101 Å². The number of methoxy groups -OCH3 is 1. The van der Waals surface area contributed by atoms with Crippen LogP contribution in [0.25, 0.3) is 6.08 Å². The molecule has 3 nitrogen and oxygen atoms in total. The van der Waals surface area contributed by atoms with E-state index in [4.69, 9.17) is 10.00 Å². The largest absolute Gasteiger partial charge is 0.495 e. The first-order chi connectivity index (χ1) is 8.12. The van der Waals surface area contributed by atoms with Crippen molar-refractivity contribution < 1.29 is 9.53 Å². The standard InChI is InChI=1S/C14H15NO2/c1-10(2)13(9-16)7-11-4-5-14(17-3)12(6-11)8-15/h4-7,9-10H,1-3H3. The summed E-state index contributed by atoms with van der Waals surface area (Å²) in [4.78, 5) is 10.9. The Balaban J connectivity index is 3.17. The number of benzene rings is 1. The summed E-state index contributed by atoms with van der Waals surface area (Å²) in [6, 6.07) is 7.33. The molecule has 3 heteroatoms. The predicted molar refractivity (Wildman–Crippen MR) is 66.6 cm³/mol. The van der Waals surface area contributed by atoms with Crippen molar-refractivity contribution in [2.45, 2.75) is 13.8 Å². The van der Waals surface area contributed by atoms with Gasteiger partial charge in [0.25, 0.3) is 0 Å². The van der Waals surface area contributed by atoms with E-state index in [1.807, 2.05) is 19.9 Å². The van der Waals surface area contributed by atoms with Crippen LogP contribution in [0.2, 0.25) is 0 Å². The molecule has 1 aromatic rings. The van der Waals surface area contributed by atoms with Gasteiger partial charge >= 0.3 is 0 Å². The summed E-state index contributed by atoms with van der Waals surface area (Å²) in [5.41, 5.74) is 2.01. The molecule has 0 heterocycles. The van der Waals surface area contributed by atoms with Crippen molar-refractivity contribution in [1.82, 2.24) is 0 Å². The summed E-state index contributed by atoms with van der Waals surface area (Å²) in [5, 5.41) is 8.95. The van der Waals surface area contributed by atoms with Crippen molar-refractivity contribution in [3.05, 3.63) is 34.9 Å². The summed E-state index contributed by atoms with van der Waals surface area (Å²) < 4.78 is 5.06. The molecule has 88 valence electrons. The smallest absolute Gasteiger partial charge is 0.146 e. The highest BCUT2D eigenvalue weighted by atomic mass is 16.5. The van der Waals surface area contributed by atoms with Crippen LogP contribution in [0.4, 0.5) is 0 Å². The maximum atomic E-state index is 10.9. The molecule has 0 fully saturated rings. The van der Waals surface area contributed by atoms with Crippen molar-refractivity contribution in [1.29, 1.82) is 5.26 Å². The zero-order valence-electron chi connectivity index (χ0n) is 10.2. The number of ether oxygens (including phenoxy) is 1. The maximum absolute atomic E-state index is 10.9. The number of carbonyl (C=O) groups excluding carboxylic acids is 1. The van der Waals surface area contributed by atoms with E-state index in [0.717, 1.165) is 11.8 Å². The molecule has 17 heavy (non-hydrogen) atoms. The SMILES string of the molecule is COc1ccc(C=C(C=O)C(C)C)cc1C#N. The van der Waals surface area contributed by atoms with E-state index >= 15 is 0 Å². The van der Waals surface area contributed by atoms with E-state index < -0.39 is 0 Å². The fraction of sp³-hybridized carbons (Fsp3) is 0.286. The van der Waals surface area contributed by atoms with E-state index in [0.29, 0.717) is 16.9 Å². The summed E-state index contributed by atoms with van der Waals surface area (Å²) in [5.74, 6) is 0.710. The Morgan fingerprint density at radius 3 is 2.65 bits per heavy atom. The van der Waals surface area contributed by atoms with Crippen LogP contribution in [0.3, 0.4) is 0 Å². The number of carbonyl (C=O) groups is 1. The zero-order chi connectivity index (χ0) is 12.8. The monoisotopic (exact) mass is 229 g/mol. The number of hydrogen-bond donors (Lipinski definition) is 0. The average Bonchev–Trinajstić information content (AvgIpc) is 2.35. The molecule has 0 N–H and O–H groups in total. The van der Waals surface area contributed by atoms with Crippen LogP contribution < -0.4 is 4.74 Å². The zero-order valence-corrected chi connectivity index (χ0v) is 10.2. The Morgan fingerprint density at radius 1 is 1.47 bits per heavy atom. The molecule has 0 unspecified atom stereocenters. The van der Waals surface area contributed by atoms with Gasteiger partial charge in [0, 0.05) is 0 Å². The van der Waals surface area contributed by atoms with Crippen LogP contribution in [0.1, 0.15) is 25.0 Å². The Morgan fingerprint density at radius 2 is 2.18 bits per heavy atom. The molecule has 0 bridgehead atoms. The minimum atomic E-state index is 0.167. The van der Waals surface area contributed by atoms with Gasteiger partial charge in [-0.25, -0.2) is 0 Å². The van der Waals surface area contributed by atoms with Crippen LogP contribution in [-0.2, 0) is 4.79 Å². The van der Waals surface area contributed by atoms with Crippen LogP contribution in [0, 0.1) is 17.2 Å². The summed E-state index contributed by atoms with van der Waals surface area (Å²) in [7, 11) is 1.52. The van der Waals surface area contributed by atoms with E-state index in [2.05, 4.69) is 6.07 Å². The van der Waals surface area contributed by atoms with Gasteiger partial charge < -0.3 is 4.74 Å². The van der Waals surface area contributed by atoms with E-state index in [1.165, 1.54) is 7.11 Å². The lowest BCUT2D eigenvalue weighted by atomic mass is 10.0. The Kier molecular flexibility index (Phi) is 4.47. The van der Waals surface area contributed by atoms with Crippen molar-refractivity contribution in [3.63, 3.8) is 0 Å². The fourth-order valence-corrected chi connectivity index (χ4v) is 1.43. The highest BCUT2D eigenvalue weighted by Gasteiger charge is 2.05. The van der Waals surface area contributed by atoms with Gasteiger partial charge in [0.05, 0.1) is 12.7 Å². The third-order valence-corrected chi connectivity index (χ3v) is 2.48. The number of aldehydes is 1. The number of nitrogens with zero attached hydrogens (tertiary/aromatic N) is 1. The van der Waals surface area contributed by atoms with Crippen molar-refractivity contribution >= 4 is 12.4 Å². The van der Waals surface area contributed by atoms with Crippen molar-refractivity contribution in [2.75, 3.05) is 7.11 Å². The first-order valence-corrected chi connectivity index (χ1v) is 5.37. The molecular formula is C14H15NO2. The number of rotatable bonds is 4. The molecular weight excluding hydrogens is 214 g/mol. The van der Waals surface area contributed by atoms with Gasteiger partial charge in [-0.2, -0.15) is 5.26 Å². The van der Waals surface area contributed by atoms with E-state index in [-0.39, 0.29) is 5.92 Å². The Hall–Kier alpha value is -2.08. The lowest BCUT2D eigenvalue weighted by Crippen LogP contribution is -1.95. The minimum Gasteiger partial charge on any atom is -0.495 e. The topological polar surface area (TPSA) is 50.1 Å². The van der Waals surface area contributed by atoms with Crippen LogP contribution in [0.5, 0.6) is 5.75 Å². The highest BCUT2D eigenvalue weighted by molar-refractivity contribution is 5.82. The number of allylic oxidation sites excluding steroid dienone is 1. The predicted octanol–water partition coefficient (Wildman–Crippen LogP) is 2.81. The normalized spacial score (nSPS) is 11.1. The lowest BCUT2D eigenvalue weighted by molar-refractivity contribution is -0.105. The number of hydrogen-bond acceptors (Lipinski definition) is 3. The molecule has 0 aliphatic carbocycles. The first kappa shape index (κ1) is 13.0. The highest BCUT2D eigenvalue weighted by Crippen LogP contribution is 2.21. The molecule has 0 saturated carbocycles. The van der Waals surface area contributed by atoms with Gasteiger partial charge in [0.15, 0.2) is 0 Å². The summed E-state index contributed by atoms with van der Waals surface area (Å²) >= 11 is 0. The first-order valence-electron chi connectivity index (χ1n) is 5.37. The van der Waals surface area contributed by atoms with Gasteiger partial charge in [0.2, 0.25) is 0 Å². The molecule has 0 radical (unpaired) electrons. The summed E-state index contributed by atoms with van der Waals surface area (Å²) in [6.45, 7) is 3.91. The minimum absolute atomic E-state index is 0.167. The average molecular weight is 229 g/mol. The second-order valence-corrected chi connectivity index (χ2v) is 3.99. The molecule has 1 rings (SSSR count). The van der Waals surface area contributed by atoms with E-state index in [9.17, 15) is 4.79 Å². The maximum Gasteiger partial charge on any atom is 0.146 e.